The average Bonchev–Trinajstić information content (AvgIpc) is 2.52. The topological polar surface area (TPSA) is 29.5 Å². The molecular formula is C19H27NO2. The predicted molar refractivity (Wildman–Crippen MR) is 89.6 cm³/mol. The molecule has 0 aromatic heterocycles. The summed E-state index contributed by atoms with van der Waals surface area (Å²) in [4.78, 5) is 14.3. The van der Waals surface area contributed by atoms with Gasteiger partial charge in [0.2, 0.25) is 0 Å². The fourth-order valence-electron chi connectivity index (χ4n) is 3.06. The highest BCUT2D eigenvalue weighted by atomic mass is 16.6. The number of rotatable bonds is 5. The minimum Gasteiger partial charge on any atom is -0.445 e. The molecule has 0 saturated heterocycles. The quantitative estimate of drug-likeness (QED) is 0.722. The fraction of sp³-hybridized carbons (Fsp3) is 0.526. The molecule has 0 aliphatic heterocycles. The summed E-state index contributed by atoms with van der Waals surface area (Å²) in [5.74, 6) is 0. The third-order valence-electron chi connectivity index (χ3n) is 4.28. The van der Waals surface area contributed by atoms with Gasteiger partial charge in [-0.2, -0.15) is 0 Å². The molecule has 1 saturated carbocycles. The van der Waals surface area contributed by atoms with Crippen LogP contribution in [0.1, 0.15) is 50.5 Å². The van der Waals surface area contributed by atoms with E-state index in [0.29, 0.717) is 19.2 Å². The van der Waals surface area contributed by atoms with Gasteiger partial charge in [0, 0.05) is 12.6 Å². The lowest BCUT2D eigenvalue weighted by Gasteiger charge is -2.31. The van der Waals surface area contributed by atoms with Crippen molar-refractivity contribution in [3.8, 4) is 0 Å². The number of nitrogens with zero attached hydrogens (tertiary/aromatic N) is 1. The maximum absolute atomic E-state index is 12.5. The van der Waals surface area contributed by atoms with Crippen LogP contribution in [0.5, 0.6) is 0 Å². The second kappa shape index (κ2) is 9.29. The second-order valence-electron chi connectivity index (χ2n) is 5.98. The van der Waals surface area contributed by atoms with Gasteiger partial charge in [0.05, 0.1) is 0 Å². The zero-order chi connectivity index (χ0) is 15.6. The zero-order valence-electron chi connectivity index (χ0n) is 13.4. The molecule has 120 valence electrons. The first-order chi connectivity index (χ1) is 10.8. The molecule has 1 aliphatic carbocycles. The SMILES string of the molecule is C=CCN(C(=O)OCc1ccccc1)C1CCCCCCC1. The fourth-order valence-corrected chi connectivity index (χ4v) is 3.06. The van der Waals surface area contributed by atoms with Gasteiger partial charge in [-0.25, -0.2) is 4.79 Å². The summed E-state index contributed by atoms with van der Waals surface area (Å²) in [5, 5.41) is 0. The second-order valence-corrected chi connectivity index (χ2v) is 5.98. The van der Waals surface area contributed by atoms with Crippen molar-refractivity contribution in [3.05, 3.63) is 48.6 Å². The van der Waals surface area contributed by atoms with Crippen molar-refractivity contribution >= 4 is 6.09 Å². The van der Waals surface area contributed by atoms with Crippen LogP contribution in [0.2, 0.25) is 0 Å². The van der Waals surface area contributed by atoms with Crippen LogP contribution in [0.15, 0.2) is 43.0 Å². The summed E-state index contributed by atoms with van der Waals surface area (Å²) in [6.45, 7) is 4.69. The number of benzene rings is 1. The third kappa shape index (κ3) is 5.21. The van der Waals surface area contributed by atoms with Crippen LogP contribution in [0.4, 0.5) is 4.79 Å². The number of hydrogen-bond donors (Lipinski definition) is 0. The van der Waals surface area contributed by atoms with E-state index in [0.717, 1.165) is 18.4 Å². The molecule has 2 rings (SSSR count). The molecule has 0 bridgehead atoms. The molecule has 0 unspecified atom stereocenters. The van der Waals surface area contributed by atoms with Gasteiger partial charge in [-0.1, -0.05) is 68.5 Å². The van der Waals surface area contributed by atoms with Gasteiger partial charge >= 0.3 is 6.09 Å². The summed E-state index contributed by atoms with van der Waals surface area (Å²) in [6.07, 6.45) is 10.0. The van der Waals surface area contributed by atoms with Gasteiger partial charge in [-0.15, -0.1) is 6.58 Å². The Hall–Kier alpha value is -1.77. The molecule has 3 heteroatoms. The smallest absolute Gasteiger partial charge is 0.410 e. The molecule has 1 aliphatic rings. The first kappa shape index (κ1) is 16.6. The van der Waals surface area contributed by atoms with Crippen molar-refractivity contribution in [2.45, 2.75) is 57.6 Å². The monoisotopic (exact) mass is 301 g/mol. The Morgan fingerprint density at radius 1 is 1.14 bits per heavy atom. The summed E-state index contributed by atoms with van der Waals surface area (Å²) in [6, 6.07) is 10.1. The first-order valence-electron chi connectivity index (χ1n) is 8.39. The average molecular weight is 301 g/mol. The van der Waals surface area contributed by atoms with Gasteiger partial charge < -0.3 is 9.64 Å². The lowest BCUT2D eigenvalue weighted by atomic mass is 9.96. The third-order valence-corrected chi connectivity index (χ3v) is 4.28. The van der Waals surface area contributed by atoms with Crippen LogP contribution in [0, 0.1) is 0 Å². The van der Waals surface area contributed by atoms with Crippen LogP contribution >= 0.6 is 0 Å². The molecule has 1 aromatic rings. The Labute approximate surface area is 134 Å². The van der Waals surface area contributed by atoms with Crippen molar-refractivity contribution in [3.63, 3.8) is 0 Å². The van der Waals surface area contributed by atoms with Gasteiger partial charge in [0.15, 0.2) is 0 Å². The zero-order valence-corrected chi connectivity index (χ0v) is 13.4. The van der Waals surface area contributed by atoms with Crippen molar-refractivity contribution in [1.29, 1.82) is 0 Å². The lowest BCUT2D eigenvalue weighted by Crippen LogP contribution is -2.41. The molecule has 0 heterocycles. The first-order valence-corrected chi connectivity index (χ1v) is 8.39. The molecule has 1 aromatic carbocycles. The highest BCUT2D eigenvalue weighted by Gasteiger charge is 2.24. The van der Waals surface area contributed by atoms with Crippen molar-refractivity contribution in [1.82, 2.24) is 4.90 Å². The number of carbonyl (C=O) groups is 1. The van der Waals surface area contributed by atoms with Crippen molar-refractivity contribution in [2.75, 3.05) is 6.54 Å². The van der Waals surface area contributed by atoms with Gasteiger partial charge in [-0.3, -0.25) is 0 Å². The number of carbonyl (C=O) groups excluding carboxylic acids is 1. The number of amides is 1. The van der Waals surface area contributed by atoms with Crippen LogP contribution < -0.4 is 0 Å². The van der Waals surface area contributed by atoms with E-state index in [2.05, 4.69) is 6.58 Å². The van der Waals surface area contributed by atoms with Crippen molar-refractivity contribution in [2.24, 2.45) is 0 Å². The molecule has 1 amide bonds. The number of hydrogen-bond acceptors (Lipinski definition) is 2. The van der Waals surface area contributed by atoms with Gasteiger partial charge in [0.25, 0.3) is 0 Å². The highest BCUT2D eigenvalue weighted by molar-refractivity contribution is 5.68. The Morgan fingerprint density at radius 2 is 1.77 bits per heavy atom. The Morgan fingerprint density at radius 3 is 2.41 bits per heavy atom. The molecule has 22 heavy (non-hydrogen) atoms. The van der Waals surface area contributed by atoms with Crippen LogP contribution in [-0.2, 0) is 11.3 Å². The van der Waals surface area contributed by atoms with E-state index < -0.39 is 0 Å². The molecule has 1 fully saturated rings. The summed E-state index contributed by atoms with van der Waals surface area (Å²) < 4.78 is 5.51. The summed E-state index contributed by atoms with van der Waals surface area (Å²) in [7, 11) is 0. The Bertz CT molecular complexity index is 450. The van der Waals surface area contributed by atoms with Gasteiger partial charge in [0.1, 0.15) is 6.61 Å². The van der Waals surface area contributed by atoms with Crippen LogP contribution in [0.3, 0.4) is 0 Å². The van der Waals surface area contributed by atoms with E-state index >= 15 is 0 Å². The predicted octanol–water partition coefficient (Wildman–Crippen LogP) is 4.92. The van der Waals surface area contributed by atoms with Gasteiger partial charge in [-0.05, 0) is 18.4 Å². The molecule has 0 spiro atoms. The minimum atomic E-state index is -0.214. The summed E-state index contributed by atoms with van der Waals surface area (Å²) in [5.41, 5.74) is 1.02. The summed E-state index contributed by atoms with van der Waals surface area (Å²) >= 11 is 0. The molecule has 0 atom stereocenters. The maximum atomic E-state index is 12.5. The largest absolute Gasteiger partial charge is 0.445 e. The molecular weight excluding hydrogens is 274 g/mol. The van der Waals surface area contributed by atoms with Crippen molar-refractivity contribution < 1.29 is 9.53 Å². The van der Waals surface area contributed by atoms with E-state index in [9.17, 15) is 4.79 Å². The van der Waals surface area contributed by atoms with E-state index in [1.54, 1.807) is 6.08 Å². The maximum Gasteiger partial charge on any atom is 0.410 e. The lowest BCUT2D eigenvalue weighted by molar-refractivity contribution is 0.0795. The number of ether oxygens (including phenoxy) is 1. The standard InChI is InChI=1S/C19H27NO2/c1-2-15-20(18-13-9-4-3-5-10-14-18)19(21)22-16-17-11-7-6-8-12-17/h2,6-8,11-12,18H,1,3-5,9-10,13-16H2. The highest BCUT2D eigenvalue weighted by Crippen LogP contribution is 2.22. The van der Waals surface area contributed by atoms with Crippen LogP contribution in [0.25, 0.3) is 0 Å². The normalized spacial score (nSPS) is 16.4. The Balaban J connectivity index is 1.93. The molecule has 0 radical (unpaired) electrons. The Kier molecular flexibility index (Phi) is 7.01. The minimum absolute atomic E-state index is 0.214. The van der Waals surface area contributed by atoms with E-state index in [4.69, 9.17) is 4.74 Å². The van der Waals surface area contributed by atoms with E-state index in [-0.39, 0.29) is 6.09 Å². The van der Waals surface area contributed by atoms with E-state index in [1.165, 1.54) is 32.1 Å². The molecule has 3 nitrogen and oxygen atoms in total. The molecule has 0 N–H and O–H groups in total. The van der Waals surface area contributed by atoms with E-state index in [1.807, 2.05) is 35.2 Å². The van der Waals surface area contributed by atoms with Crippen LogP contribution in [-0.4, -0.2) is 23.6 Å².